The van der Waals surface area contributed by atoms with Gasteiger partial charge in [0.25, 0.3) is 5.91 Å². The molecule has 2 aromatic rings. The molecule has 1 heterocycles. The topological polar surface area (TPSA) is 93.2 Å². The van der Waals surface area contributed by atoms with E-state index < -0.39 is 5.97 Å². The number of hydrogen-bond donors (Lipinski definition) is 2. The van der Waals surface area contributed by atoms with E-state index >= 15 is 0 Å². The average molecular weight is 368 g/mol. The summed E-state index contributed by atoms with van der Waals surface area (Å²) < 4.78 is 4.69. The number of esters is 1. The van der Waals surface area contributed by atoms with E-state index in [4.69, 9.17) is 0 Å². The van der Waals surface area contributed by atoms with Crippen molar-refractivity contribution in [2.45, 2.75) is 45.1 Å². The molecule has 1 amide bonds. The summed E-state index contributed by atoms with van der Waals surface area (Å²) in [5, 5.41) is 6.14. The number of anilines is 2. The number of amides is 1. The fourth-order valence-electron chi connectivity index (χ4n) is 3.18. The van der Waals surface area contributed by atoms with Gasteiger partial charge >= 0.3 is 5.97 Å². The third kappa shape index (κ3) is 5.03. The Hall–Kier alpha value is -2.96. The van der Waals surface area contributed by atoms with Crippen LogP contribution in [-0.2, 0) is 4.74 Å². The Bertz CT molecular complexity index is 814. The normalized spacial score (nSPS) is 14.4. The highest BCUT2D eigenvalue weighted by Gasteiger charge is 2.18. The SMILES string of the molecule is COC(=O)c1ccc(Nc2nc(C)cc(C(=O)NC3CCCCC3)n2)cc1. The lowest BCUT2D eigenvalue weighted by Gasteiger charge is -2.22. The predicted octanol–water partition coefficient (Wildman–Crippen LogP) is 3.38. The standard InChI is InChI=1S/C20H24N4O3/c1-13-12-17(18(25)22-15-6-4-3-5-7-15)24-20(21-13)23-16-10-8-14(9-11-16)19(26)27-2/h8-12,15H,3-7H2,1-2H3,(H,22,25)(H,21,23,24). The van der Waals surface area contributed by atoms with Crippen LogP contribution in [0.3, 0.4) is 0 Å². The van der Waals surface area contributed by atoms with Crippen molar-refractivity contribution in [2.75, 3.05) is 12.4 Å². The molecule has 0 unspecified atom stereocenters. The molecule has 1 fully saturated rings. The van der Waals surface area contributed by atoms with Gasteiger partial charge in [0, 0.05) is 17.4 Å². The van der Waals surface area contributed by atoms with Crippen LogP contribution in [0.4, 0.5) is 11.6 Å². The van der Waals surface area contributed by atoms with Gasteiger partial charge in [0.15, 0.2) is 0 Å². The molecule has 0 saturated heterocycles. The summed E-state index contributed by atoms with van der Waals surface area (Å²) in [5.74, 6) is -0.221. The lowest BCUT2D eigenvalue weighted by Crippen LogP contribution is -2.36. The summed E-state index contributed by atoms with van der Waals surface area (Å²) in [7, 11) is 1.34. The van der Waals surface area contributed by atoms with Crippen molar-refractivity contribution < 1.29 is 14.3 Å². The maximum absolute atomic E-state index is 12.5. The lowest BCUT2D eigenvalue weighted by atomic mass is 9.95. The molecule has 3 rings (SSSR count). The van der Waals surface area contributed by atoms with Crippen LogP contribution < -0.4 is 10.6 Å². The second kappa shape index (κ2) is 8.62. The van der Waals surface area contributed by atoms with Crippen molar-refractivity contribution in [3.63, 3.8) is 0 Å². The number of methoxy groups -OCH3 is 1. The predicted molar refractivity (Wildman–Crippen MR) is 102 cm³/mol. The van der Waals surface area contributed by atoms with Gasteiger partial charge < -0.3 is 15.4 Å². The monoisotopic (exact) mass is 368 g/mol. The van der Waals surface area contributed by atoms with Gasteiger partial charge in [0.1, 0.15) is 5.69 Å². The average Bonchev–Trinajstić information content (AvgIpc) is 2.68. The third-order valence-corrected chi connectivity index (χ3v) is 4.59. The van der Waals surface area contributed by atoms with Gasteiger partial charge in [0.2, 0.25) is 5.95 Å². The maximum Gasteiger partial charge on any atom is 0.337 e. The van der Waals surface area contributed by atoms with E-state index in [-0.39, 0.29) is 11.9 Å². The molecule has 1 aliphatic carbocycles. The zero-order chi connectivity index (χ0) is 19.2. The molecule has 142 valence electrons. The van der Waals surface area contributed by atoms with Gasteiger partial charge in [-0.1, -0.05) is 19.3 Å². The van der Waals surface area contributed by atoms with Crippen LogP contribution in [0.1, 0.15) is 58.6 Å². The number of carbonyl (C=O) groups is 2. The number of hydrogen-bond acceptors (Lipinski definition) is 6. The van der Waals surface area contributed by atoms with Crippen LogP contribution in [0.5, 0.6) is 0 Å². The Labute approximate surface area is 158 Å². The van der Waals surface area contributed by atoms with Crippen molar-refractivity contribution >= 4 is 23.5 Å². The molecule has 1 aliphatic rings. The molecular formula is C20H24N4O3. The molecule has 27 heavy (non-hydrogen) atoms. The summed E-state index contributed by atoms with van der Waals surface area (Å²) in [6, 6.07) is 8.69. The molecule has 2 N–H and O–H groups in total. The highest BCUT2D eigenvalue weighted by atomic mass is 16.5. The minimum absolute atomic E-state index is 0.170. The number of aromatic nitrogens is 2. The molecule has 1 saturated carbocycles. The van der Waals surface area contributed by atoms with Crippen molar-refractivity contribution in [3.8, 4) is 0 Å². The van der Waals surface area contributed by atoms with Crippen LogP contribution in [0.2, 0.25) is 0 Å². The van der Waals surface area contributed by atoms with Gasteiger partial charge in [-0.2, -0.15) is 0 Å². The Balaban J connectivity index is 1.71. The second-order valence-corrected chi connectivity index (χ2v) is 6.72. The van der Waals surface area contributed by atoms with Crippen LogP contribution in [-0.4, -0.2) is 35.0 Å². The van der Waals surface area contributed by atoms with E-state index in [2.05, 4.69) is 25.3 Å². The highest BCUT2D eigenvalue weighted by molar-refractivity contribution is 5.93. The molecule has 0 atom stereocenters. The summed E-state index contributed by atoms with van der Waals surface area (Å²) in [6.07, 6.45) is 5.59. The summed E-state index contributed by atoms with van der Waals surface area (Å²) >= 11 is 0. The highest BCUT2D eigenvalue weighted by Crippen LogP contribution is 2.19. The maximum atomic E-state index is 12.5. The molecular weight excluding hydrogens is 344 g/mol. The third-order valence-electron chi connectivity index (χ3n) is 4.59. The molecule has 1 aromatic heterocycles. The first-order valence-electron chi connectivity index (χ1n) is 9.17. The van der Waals surface area contributed by atoms with Crippen molar-refractivity contribution in [1.29, 1.82) is 0 Å². The largest absolute Gasteiger partial charge is 0.465 e. The summed E-state index contributed by atoms with van der Waals surface area (Å²) in [6.45, 7) is 1.82. The zero-order valence-corrected chi connectivity index (χ0v) is 15.6. The molecule has 0 bridgehead atoms. The van der Waals surface area contributed by atoms with Gasteiger partial charge in [-0.25, -0.2) is 14.8 Å². The Morgan fingerprint density at radius 1 is 1.07 bits per heavy atom. The van der Waals surface area contributed by atoms with Crippen LogP contribution in [0, 0.1) is 6.92 Å². The van der Waals surface area contributed by atoms with Crippen LogP contribution in [0.15, 0.2) is 30.3 Å². The minimum Gasteiger partial charge on any atom is -0.465 e. The molecule has 0 aliphatic heterocycles. The van der Waals surface area contributed by atoms with Crippen molar-refractivity contribution in [1.82, 2.24) is 15.3 Å². The van der Waals surface area contributed by atoms with Crippen LogP contribution >= 0.6 is 0 Å². The molecule has 1 aromatic carbocycles. The minimum atomic E-state index is -0.393. The first-order chi connectivity index (χ1) is 13.0. The van der Waals surface area contributed by atoms with E-state index in [0.717, 1.165) is 25.7 Å². The van der Waals surface area contributed by atoms with Gasteiger partial charge in [-0.3, -0.25) is 4.79 Å². The Kier molecular flexibility index (Phi) is 6.01. The first kappa shape index (κ1) is 18.8. The van der Waals surface area contributed by atoms with E-state index in [9.17, 15) is 9.59 Å². The smallest absolute Gasteiger partial charge is 0.337 e. The fraction of sp³-hybridized carbons (Fsp3) is 0.400. The Morgan fingerprint density at radius 2 is 1.78 bits per heavy atom. The number of rotatable bonds is 5. The quantitative estimate of drug-likeness (QED) is 0.786. The van der Waals surface area contributed by atoms with E-state index in [1.54, 1.807) is 30.3 Å². The number of nitrogens with one attached hydrogen (secondary N) is 2. The molecule has 0 spiro atoms. The van der Waals surface area contributed by atoms with Crippen molar-refractivity contribution in [3.05, 3.63) is 47.3 Å². The van der Waals surface area contributed by atoms with E-state index in [1.165, 1.54) is 13.5 Å². The molecule has 7 nitrogen and oxygen atoms in total. The number of carbonyl (C=O) groups excluding carboxylic acids is 2. The molecule has 7 heteroatoms. The lowest BCUT2D eigenvalue weighted by molar-refractivity contribution is 0.0600. The summed E-state index contributed by atoms with van der Waals surface area (Å²) in [5.41, 5.74) is 2.22. The number of nitrogens with zero attached hydrogens (tertiary/aromatic N) is 2. The van der Waals surface area contributed by atoms with Gasteiger partial charge in [-0.05, 0) is 50.1 Å². The van der Waals surface area contributed by atoms with E-state index in [0.29, 0.717) is 28.6 Å². The summed E-state index contributed by atoms with van der Waals surface area (Å²) in [4.78, 5) is 32.7. The second-order valence-electron chi connectivity index (χ2n) is 6.72. The van der Waals surface area contributed by atoms with Crippen LogP contribution in [0.25, 0.3) is 0 Å². The number of aryl methyl sites for hydroxylation is 1. The van der Waals surface area contributed by atoms with Gasteiger partial charge in [-0.15, -0.1) is 0 Å². The first-order valence-corrected chi connectivity index (χ1v) is 9.17. The van der Waals surface area contributed by atoms with E-state index in [1.807, 2.05) is 6.92 Å². The zero-order valence-electron chi connectivity index (χ0n) is 15.6. The molecule has 0 radical (unpaired) electrons. The Morgan fingerprint density at radius 3 is 2.44 bits per heavy atom. The number of ether oxygens (including phenoxy) is 1. The van der Waals surface area contributed by atoms with Crippen molar-refractivity contribution in [2.24, 2.45) is 0 Å². The van der Waals surface area contributed by atoms with Gasteiger partial charge in [0.05, 0.1) is 12.7 Å². The number of benzene rings is 1. The fourth-order valence-corrected chi connectivity index (χ4v) is 3.18.